The van der Waals surface area contributed by atoms with Crippen molar-refractivity contribution in [2.24, 2.45) is 16.8 Å². The van der Waals surface area contributed by atoms with Gasteiger partial charge in [0.05, 0.1) is 0 Å². The first-order valence-corrected chi connectivity index (χ1v) is 7.72. The number of rotatable bonds is 5. The molecule has 0 fully saturated rings. The molecule has 2 rings (SSSR count). The third-order valence-corrected chi connectivity index (χ3v) is 4.15. The van der Waals surface area contributed by atoms with E-state index in [0.717, 1.165) is 25.2 Å². The second kappa shape index (κ2) is 7.24. The Morgan fingerprint density at radius 2 is 2.14 bits per heavy atom. The van der Waals surface area contributed by atoms with Crippen LogP contribution < -0.4 is 10.6 Å². The van der Waals surface area contributed by atoms with Gasteiger partial charge in [0.2, 0.25) is 0 Å². The quantitative estimate of drug-likeness (QED) is 0.285. The molecule has 6 heteroatoms. The van der Waals surface area contributed by atoms with E-state index < -0.39 is 0 Å². The molecule has 1 aliphatic rings. The molecule has 21 heavy (non-hydrogen) atoms. The van der Waals surface area contributed by atoms with Gasteiger partial charge in [-0.1, -0.05) is 18.5 Å². The number of nitrogens with zero attached hydrogens (tertiary/aromatic N) is 4. The molecule has 0 saturated carbocycles. The summed E-state index contributed by atoms with van der Waals surface area (Å²) in [6, 6.07) is 0. The van der Waals surface area contributed by atoms with Crippen LogP contribution in [0.3, 0.4) is 0 Å². The van der Waals surface area contributed by atoms with E-state index in [9.17, 15) is 0 Å². The van der Waals surface area contributed by atoms with Crippen LogP contribution in [0.2, 0.25) is 0 Å². The number of aromatic nitrogens is 2. The Labute approximate surface area is 126 Å². The minimum Gasteiger partial charge on any atom is -0.409 e. The SMILES string of the molecule is CCN(CC(C)C(N)=NO)c1ncnc2c1CCCCC2. The van der Waals surface area contributed by atoms with Crippen molar-refractivity contribution < 1.29 is 5.21 Å². The number of aryl methyl sites for hydroxylation is 1. The zero-order chi connectivity index (χ0) is 15.2. The summed E-state index contributed by atoms with van der Waals surface area (Å²) >= 11 is 0. The molecule has 3 N–H and O–H groups in total. The lowest BCUT2D eigenvalue weighted by Crippen LogP contribution is -2.36. The van der Waals surface area contributed by atoms with E-state index in [0.29, 0.717) is 6.54 Å². The average Bonchev–Trinajstić information content (AvgIpc) is 2.76. The Morgan fingerprint density at radius 1 is 1.38 bits per heavy atom. The van der Waals surface area contributed by atoms with E-state index in [4.69, 9.17) is 10.9 Å². The molecule has 6 nitrogen and oxygen atoms in total. The first-order chi connectivity index (χ1) is 10.2. The molecule has 0 aliphatic heterocycles. The van der Waals surface area contributed by atoms with Gasteiger partial charge >= 0.3 is 0 Å². The summed E-state index contributed by atoms with van der Waals surface area (Å²) in [6.07, 6.45) is 7.40. The minimum atomic E-state index is -0.0219. The standard InChI is InChI=1S/C15H25N5O/c1-3-20(9-11(2)14(16)19-21)15-12-7-5-4-6-8-13(12)17-10-18-15/h10-11,21H,3-9H2,1-2H3,(H2,16,19). The van der Waals surface area contributed by atoms with Gasteiger partial charge < -0.3 is 15.8 Å². The van der Waals surface area contributed by atoms with Gasteiger partial charge in [-0.15, -0.1) is 0 Å². The topological polar surface area (TPSA) is 87.6 Å². The van der Waals surface area contributed by atoms with Crippen LogP contribution in [0, 0.1) is 5.92 Å². The molecule has 0 radical (unpaired) electrons. The van der Waals surface area contributed by atoms with Crippen molar-refractivity contribution in [1.29, 1.82) is 0 Å². The molecular weight excluding hydrogens is 266 g/mol. The predicted molar refractivity (Wildman–Crippen MR) is 83.8 cm³/mol. The molecule has 0 bridgehead atoms. The first-order valence-electron chi connectivity index (χ1n) is 7.72. The van der Waals surface area contributed by atoms with Crippen molar-refractivity contribution >= 4 is 11.7 Å². The highest BCUT2D eigenvalue weighted by molar-refractivity contribution is 5.82. The lowest BCUT2D eigenvalue weighted by atomic mass is 10.1. The largest absolute Gasteiger partial charge is 0.409 e. The molecule has 0 spiro atoms. The Hall–Kier alpha value is -1.85. The number of hydrogen-bond donors (Lipinski definition) is 2. The summed E-state index contributed by atoms with van der Waals surface area (Å²) in [5, 5.41) is 11.9. The third kappa shape index (κ3) is 3.62. The smallest absolute Gasteiger partial charge is 0.143 e. The fourth-order valence-corrected chi connectivity index (χ4v) is 2.84. The van der Waals surface area contributed by atoms with E-state index in [1.165, 1.54) is 30.5 Å². The molecule has 0 aromatic carbocycles. The van der Waals surface area contributed by atoms with Gasteiger partial charge in [0, 0.05) is 30.3 Å². The zero-order valence-corrected chi connectivity index (χ0v) is 12.9. The number of hydrogen-bond acceptors (Lipinski definition) is 5. The van der Waals surface area contributed by atoms with Crippen molar-refractivity contribution in [3.05, 3.63) is 17.6 Å². The summed E-state index contributed by atoms with van der Waals surface area (Å²) < 4.78 is 0. The van der Waals surface area contributed by atoms with Gasteiger partial charge in [0.25, 0.3) is 0 Å². The van der Waals surface area contributed by atoms with Gasteiger partial charge in [-0.2, -0.15) is 0 Å². The van der Waals surface area contributed by atoms with Crippen LogP contribution in [0.5, 0.6) is 0 Å². The van der Waals surface area contributed by atoms with Gasteiger partial charge in [-0.3, -0.25) is 0 Å². The fourth-order valence-electron chi connectivity index (χ4n) is 2.84. The fraction of sp³-hybridized carbons (Fsp3) is 0.667. The van der Waals surface area contributed by atoms with Gasteiger partial charge in [0.15, 0.2) is 0 Å². The van der Waals surface area contributed by atoms with Crippen molar-refractivity contribution in [1.82, 2.24) is 9.97 Å². The Kier molecular flexibility index (Phi) is 5.36. The first kappa shape index (κ1) is 15.5. The molecular formula is C15H25N5O. The third-order valence-electron chi connectivity index (χ3n) is 4.15. The number of nitrogens with two attached hydrogens (primary N) is 1. The van der Waals surface area contributed by atoms with E-state index >= 15 is 0 Å². The maximum Gasteiger partial charge on any atom is 0.143 e. The van der Waals surface area contributed by atoms with Crippen LogP contribution in [0.15, 0.2) is 11.5 Å². The molecule has 1 aliphatic carbocycles. The van der Waals surface area contributed by atoms with Crippen LogP contribution in [0.25, 0.3) is 0 Å². The van der Waals surface area contributed by atoms with Gasteiger partial charge in [-0.25, -0.2) is 9.97 Å². The monoisotopic (exact) mass is 291 g/mol. The molecule has 1 aromatic heterocycles. The molecule has 0 amide bonds. The highest BCUT2D eigenvalue weighted by Gasteiger charge is 2.20. The number of anilines is 1. The van der Waals surface area contributed by atoms with Gasteiger partial charge in [-0.05, 0) is 32.6 Å². The van der Waals surface area contributed by atoms with E-state index in [2.05, 4.69) is 26.9 Å². The van der Waals surface area contributed by atoms with Crippen LogP contribution in [0.4, 0.5) is 5.82 Å². The zero-order valence-electron chi connectivity index (χ0n) is 12.9. The maximum absolute atomic E-state index is 8.81. The summed E-state index contributed by atoms with van der Waals surface area (Å²) in [5.74, 6) is 1.25. The van der Waals surface area contributed by atoms with Gasteiger partial charge in [0.1, 0.15) is 18.0 Å². The van der Waals surface area contributed by atoms with E-state index in [1.807, 2.05) is 6.92 Å². The Balaban J connectivity index is 2.26. The second-order valence-electron chi connectivity index (χ2n) is 5.65. The molecule has 0 saturated heterocycles. The lowest BCUT2D eigenvalue weighted by Gasteiger charge is -2.27. The molecule has 116 valence electrons. The van der Waals surface area contributed by atoms with E-state index in [-0.39, 0.29) is 11.8 Å². The van der Waals surface area contributed by atoms with Crippen LogP contribution in [-0.4, -0.2) is 34.1 Å². The molecule has 1 heterocycles. The predicted octanol–water partition coefficient (Wildman–Crippen LogP) is 1.95. The van der Waals surface area contributed by atoms with E-state index in [1.54, 1.807) is 6.33 Å². The lowest BCUT2D eigenvalue weighted by molar-refractivity contribution is 0.314. The second-order valence-corrected chi connectivity index (χ2v) is 5.65. The summed E-state index contributed by atoms with van der Waals surface area (Å²) in [7, 11) is 0. The Morgan fingerprint density at radius 3 is 2.86 bits per heavy atom. The van der Waals surface area contributed by atoms with Crippen molar-refractivity contribution in [2.75, 3.05) is 18.0 Å². The van der Waals surface area contributed by atoms with Crippen LogP contribution in [-0.2, 0) is 12.8 Å². The summed E-state index contributed by atoms with van der Waals surface area (Å²) in [5.41, 5.74) is 8.17. The number of amidine groups is 1. The molecule has 1 unspecified atom stereocenters. The van der Waals surface area contributed by atoms with Crippen LogP contribution in [0.1, 0.15) is 44.4 Å². The molecule has 1 atom stereocenters. The minimum absolute atomic E-state index is 0.0219. The molecule has 1 aromatic rings. The average molecular weight is 291 g/mol. The van der Waals surface area contributed by atoms with Crippen molar-refractivity contribution in [3.63, 3.8) is 0 Å². The summed E-state index contributed by atoms with van der Waals surface area (Å²) in [4.78, 5) is 11.2. The highest BCUT2D eigenvalue weighted by Crippen LogP contribution is 2.26. The number of oxime groups is 1. The number of fused-ring (bicyclic) bond motifs is 1. The maximum atomic E-state index is 8.81. The normalized spacial score (nSPS) is 17.0. The Bertz CT molecular complexity index is 503. The summed E-state index contributed by atoms with van der Waals surface area (Å²) in [6.45, 7) is 5.59. The van der Waals surface area contributed by atoms with Crippen molar-refractivity contribution in [2.45, 2.75) is 46.0 Å². The van der Waals surface area contributed by atoms with Crippen LogP contribution >= 0.6 is 0 Å². The van der Waals surface area contributed by atoms with Crippen molar-refractivity contribution in [3.8, 4) is 0 Å². The highest BCUT2D eigenvalue weighted by atomic mass is 16.4.